The van der Waals surface area contributed by atoms with Crippen LogP contribution in [0.4, 0.5) is 5.69 Å². The van der Waals surface area contributed by atoms with Crippen LogP contribution in [0.15, 0.2) is 28.7 Å². The van der Waals surface area contributed by atoms with Crippen LogP contribution in [0.25, 0.3) is 0 Å². The van der Waals surface area contributed by atoms with Gasteiger partial charge in [-0.15, -0.1) is 0 Å². The van der Waals surface area contributed by atoms with Crippen LogP contribution in [0.1, 0.15) is 25.7 Å². The Labute approximate surface area is 145 Å². The standard InChI is InChI=1S/C17H24BrN3O2/c1-19-10-4-7-16(22)21-11-8-13(9-12-21)17(23)20-15-6-3-2-5-14(15)18/h2-3,5-6,13,19H,4,7-12H2,1H3,(H,20,23). The Hall–Kier alpha value is -1.40. The molecule has 0 bridgehead atoms. The van der Waals surface area contributed by atoms with E-state index in [0.29, 0.717) is 19.5 Å². The number of carbonyl (C=O) groups excluding carboxylic acids is 2. The minimum atomic E-state index is -0.0246. The molecular formula is C17H24BrN3O2. The summed E-state index contributed by atoms with van der Waals surface area (Å²) in [5.41, 5.74) is 0.795. The Morgan fingerprint density at radius 1 is 1.26 bits per heavy atom. The fraction of sp³-hybridized carbons (Fsp3) is 0.529. The quantitative estimate of drug-likeness (QED) is 0.744. The average Bonchev–Trinajstić information content (AvgIpc) is 2.57. The maximum absolute atomic E-state index is 12.4. The Morgan fingerprint density at radius 3 is 2.61 bits per heavy atom. The largest absolute Gasteiger partial charge is 0.343 e. The number of amides is 2. The molecule has 0 spiro atoms. The summed E-state index contributed by atoms with van der Waals surface area (Å²) in [6, 6.07) is 7.59. The number of carbonyl (C=O) groups is 2. The van der Waals surface area contributed by atoms with Gasteiger partial charge in [-0.25, -0.2) is 0 Å². The number of benzene rings is 1. The lowest BCUT2D eigenvalue weighted by Gasteiger charge is -2.31. The van der Waals surface area contributed by atoms with Crippen LogP contribution >= 0.6 is 15.9 Å². The molecule has 23 heavy (non-hydrogen) atoms. The SMILES string of the molecule is CNCCCC(=O)N1CCC(C(=O)Nc2ccccc2Br)CC1. The second-order valence-corrected chi connectivity index (χ2v) is 6.69. The van der Waals surface area contributed by atoms with Crippen molar-refractivity contribution in [1.82, 2.24) is 10.2 Å². The molecule has 126 valence electrons. The predicted molar refractivity (Wildman–Crippen MR) is 95.2 cm³/mol. The molecule has 0 aliphatic carbocycles. The number of rotatable bonds is 6. The number of hydrogen-bond acceptors (Lipinski definition) is 3. The van der Waals surface area contributed by atoms with Gasteiger partial charge in [0.05, 0.1) is 5.69 Å². The molecule has 0 saturated carbocycles. The summed E-state index contributed by atoms with van der Waals surface area (Å²) in [7, 11) is 1.89. The van der Waals surface area contributed by atoms with Crippen molar-refractivity contribution >= 4 is 33.4 Å². The zero-order chi connectivity index (χ0) is 16.7. The molecular weight excluding hydrogens is 358 g/mol. The Balaban J connectivity index is 1.78. The highest BCUT2D eigenvalue weighted by Crippen LogP contribution is 2.24. The van der Waals surface area contributed by atoms with E-state index in [1.54, 1.807) is 0 Å². The normalized spacial score (nSPS) is 15.5. The van der Waals surface area contributed by atoms with Gasteiger partial charge in [-0.05, 0) is 60.9 Å². The first-order valence-electron chi connectivity index (χ1n) is 8.09. The van der Waals surface area contributed by atoms with E-state index in [1.807, 2.05) is 36.2 Å². The number of hydrogen-bond donors (Lipinski definition) is 2. The van der Waals surface area contributed by atoms with Gasteiger partial charge < -0.3 is 15.5 Å². The molecule has 6 heteroatoms. The highest BCUT2D eigenvalue weighted by atomic mass is 79.9. The summed E-state index contributed by atoms with van der Waals surface area (Å²) in [5, 5.41) is 6.02. The smallest absolute Gasteiger partial charge is 0.227 e. The highest BCUT2D eigenvalue weighted by molar-refractivity contribution is 9.10. The number of piperidine rings is 1. The van der Waals surface area contributed by atoms with Crippen LogP contribution in [0.2, 0.25) is 0 Å². The van der Waals surface area contributed by atoms with E-state index in [9.17, 15) is 9.59 Å². The minimum Gasteiger partial charge on any atom is -0.343 e. The predicted octanol–water partition coefficient (Wildman–Crippen LogP) is 2.63. The summed E-state index contributed by atoms with van der Waals surface area (Å²) >= 11 is 3.43. The van der Waals surface area contributed by atoms with Crippen LogP contribution in [0.3, 0.4) is 0 Å². The molecule has 0 aromatic heterocycles. The zero-order valence-corrected chi connectivity index (χ0v) is 15.1. The van der Waals surface area contributed by atoms with Crippen LogP contribution in [0, 0.1) is 5.92 Å². The molecule has 1 fully saturated rings. The van der Waals surface area contributed by atoms with Gasteiger partial charge in [0.2, 0.25) is 11.8 Å². The van der Waals surface area contributed by atoms with Gasteiger partial charge >= 0.3 is 0 Å². The van der Waals surface area contributed by atoms with Crippen molar-refractivity contribution < 1.29 is 9.59 Å². The van der Waals surface area contributed by atoms with Gasteiger partial charge in [-0.1, -0.05) is 12.1 Å². The second-order valence-electron chi connectivity index (χ2n) is 5.83. The van der Waals surface area contributed by atoms with Gasteiger partial charge in [0.15, 0.2) is 0 Å². The van der Waals surface area contributed by atoms with Crippen molar-refractivity contribution in [2.45, 2.75) is 25.7 Å². The molecule has 2 rings (SSSR count). The van der Waals surface area contributed by atoms with Gasteiger partial charge in [-0.2, -0.15) is 0 Å². The zero-order valence-electron chi connectivity index (χ0n) is 13.5. The number of nitrogens with zero attached hydrogens (tertiary/aromatic N) is 1. The third-order valence-corrected chi connectivity index (χ3v) is 4.86. The van der Waals surface area contributed by atoms with Crippen molar-refractivity contribution in [3.63, 3.8) is 0 Å². The first kappa shape index (κ1) is 17.9. The van der Waals surface area contributed by atoms with Crippen LogP contribution < -0.4 is 10.6 Å². The molecule has 2 amide bonds. The molecule has 0 radical (unpaired) electrons. The van der Waals surface area contributed by atoms with Crippen molar-refractivity contribution in [2.75, 3.05) is 32.0 Å². The first-order valence-corrected chi connectivity index (χ1v) is 8.89. The van der Waals surface area contributed by atoms with Crippen molar-refractivity contribution in [1.29, 1.82) is 0 Å². The number of likely N-dealkylation sites (tertiary alicyclic amines) is 1. The maximum Gasteiger partial charge on any atom is 0.227 e. The summed E-state index contributed by atoms with van der Waals surface area (Å²) < 4.78 is 0.880. The average molecular weight is 382 g/mol. The third kappa shape index (κ3) is 5.32. The van der Waals surface area contributed by atoms with E-state index in [0.717, 1.165) is 36.0 Å². The molecule has 0 atom stereocenters. The van der Waals surface area contributed by atoms with Crippen LogP contribution in [-0.2, 0) is 9.59 Å². The number of nitrogens with one attached hydrogen (secondary N) is 2. The Kier molecular flexibility index (Phi) is 7.05. The molecule has 1 aliphatic rings. The van der Waals surface area contributed by atoms with E-state index in [2.05, 4.69) is 26.6 Å². The topological polar surface area (TPSA) is 61.4 Å². The van der Waals surface area contributed by atoms with Gasteiger partial charge in [0.1, 0.15) is 0 Å². The molecule has 0 unspecified atom stereocenters. The van der Waals surface area contributed by atoms with E-state index >= 15 is 0 Å². The molecule has 2 N–H and O–H groups in total. The second kappa shape index (κ2) is 9.03. The van der Waals surface area contributed by atoms with Gasteiger partial charge in [0, 0.05) is 29.9 Å². The molecule has 1 aliphatic heterocycles. The van der Waals surface area contributed by atoms with E-state index in [4.69, 9.17) is 0 Å². The summed E-state index contributed by atoms with van der Waals surface area (Å²) in [4.78, 5) is 26.3. The minimum absolute atomic E-state index is 0.0246. The lowest BCUT2D eigenvalue weighted by atomic mass is 9.95. The third-order valence-electron chi connectivity index (χ3n) is 4.17. The van der Waals surface area contributed by atoms with Gasteiger partial charge in [-0.3, -0.25) is 9.59 Å². The fourth-order valence-corrected chi connectivity index (χ4v) is 3.15. The van der Waals surface area contributed by atoms with Crippen molar-refractivity contribution in [2.24, 2.45) is 5.92 Å². The van der Waals surface area contributed by atoms with E-state index in [1.165, 1.54) is 0 Å². The fourth-order valence-electron chi connectivity index (χ4n) is 2.76. The molecule has 5 nitrogen and oxygen atoms in total. The van der Waals surface area contributed by atoms with E-state index in [-0.39, 0.29) is 17.7 Å². The monoisotopic (exact) mass is 381 g/mol. The molecule has 1 saturated heterocycles. The molecule has 1 heterocycles. The summed E-state index contributed by atoms with van der Waals surface area (Å²) in [6.07, 6.45) is 2.90. The van der Waals surface area contributed by atoms with Crippen molar-refractivity contribution in [3.8, 4) is 0 Å². The summed E-state index contributed by atoms with van der Waals surface area (Å²) in [5.74, 6) is 0.215. The summed E-state index contributed by atoms with van der Waals surface area (Å²) in [6.45, 7) is 2.20. The number of anilines is 1. The lowest BCUT2D eigenvalue weighted by Crippen LogP contribution is -2.41. The first-order chi connectivity index (χ1) is 11.1. The number of halogens is 1. The lowest BCUT2D eigenvalue weighted by molar-refractivity contribution is -0.134. The molecule has 1 aromatic rings. The highest BCUT2D eigenvalue weighted by Gasteiger charge is 2.27. The Bertz CT molecular complexity index is 542. The van der Waals surface area contributed by atoms with Crippen molar-refractivity contribution in [3.05, 3.63) is 28.7 Å². The Morgan fingerprint density at radius 2 is 1.96 bits per heavy atom. The number of para-hydroxylation sites is 1. The van der Waals surface area contributed by atoms with E-state index < -0.39 is 0 Å². The molecule has 1 aromatic carbocycles. The van der Waals surface area contributed by atoms with Crippen LogP contribution in [0.5, 0.6) is 0 Å². The van der Waals surface area contributed by atoms with Crippen LogP contribution in [-0.4, -0.2) is 43.4 Å². The van der Waals surface area contributed by atoms with Gasteiger partial charge in [0.25, 0.3) is 0 Å². The maximum atomic E-state index is 12.4.